The van der Waals surface area contributed by atoms with Crippen LogP contribution in [-0.2, 0) is 9.53 Å². The number of hydrogen-bond donors (Lipinski definition) is 1. The molecule has 136 valence electrons. The highest BCUT2D eigenvalue weighted by atomic mass is 19.1. The molecule has 0 saturated heterocycles. The number of carbonyl (C=O) groups is 2. The smallest absolute Gasteiger partial charge is 0.339 e. The van der Waals surface area contributed by atoms with Gasteiger partial charge in [-0.2, -0.15) is 0 Å². The number of ether oxygens (including phenoxy) is 3. The molecule has 0 aliphatic carbocycles. The molecule has 0 unspecified atom stereocenters. The van der Waals surface area contributed by atoms with E-state index in [2.05, 4.69) is 5.32 Å². The summed E-state index contributed by atoms with van der Waals surface area (Å²) in [5.41, 5.74) is 0.960. The van der Waals surface area contributed by atoms with E-state index in [1.54, 1.807) is 25.1 Å². The van der Waals surface area contributed by atoms with Gasteiger partial charge in [-0.15, -0.1) is 0 Å². The van der Waals surface area contributed by atoms with Gasteiger partial charge in [0.25, 0.3) is 5.91 Å². The topological polar surface area (TPSA) is 73.9 Å². The average molecular weight is 359 g/mol. The number of fused-ring (bicyclic) bond motifs is 1. The molecule has 1 aliphatic rings. The van der Waals surface area contributed by atoms with Crippen molar-refractivity contribution in [3.63, 3.8) is 0 Å². The summed E-state index contributed by atoms with van der Waals surface area (Å²) in [7, 11) is 0. The number of benzene rings is 2. The fourth-order valence-corrected chi connectivity index (χ4v) is 2.37. The first kappa shape index (κ1) is 17.7. The van der Waals surface area contributed by atoms with Crippen molar-refractivity contribution in [2.75, 3.05) is 18.5 Å². The first-order valence-electron chi connectivity index (χ1n) is 8.11. The minimum atomic E-state index is -1.06. The lowest BCUT2D eigenvalue weighted by Crippen LogP contribution is -2.30. The second kappa shape index (κ2) is 7.43. The summed E-state index contributed by atoms with van der Waals surface area (Å²) in [6, 6.07) is 9.00. The van der Waals surface area contributed by atoms with Gasteiger partial charge in [0.2, 0.25) is 0 Å². The number of nitrogens with one attached hydrogen (secondary N) is 1. The van der Waals surface area contributed by atoms with Gasteiger partial charge >= 0.3 is 5.97 Å². The van der Waals surface area contributed by atoms with Gasteiger partial charge in [0.15, 0.2) is 17.6 Å². The lowest BCUT2D eigenvalue weighted by molar-refractivity contribution is -0.123. The summed E-state index contributed by atoms with van der Waals surface area (Å²) in [4.78, 5) is 24.3. The van der Waals surface area contributed by atoms with Crippen LogP contribution in [0.15, 0.2) is 36.4 Å². The van der Waals surface area contributed by atoms with Gasteiger partial charge in [0.05, 0.1) is 5.56 Å². The number of anilines is 1. The van der Waals surface area contributed by atoms with Crippen LogP contribution < -0.4 is 14.8 Å². The van der Waals surface area contributed by atoms with E-state index in [1.165, 1.54) is 19.1 Å². The maximum atomic E-state index is 13.6. The molecule has 1 amide bonds. The Morgan fingerprint density at radius 1 is 1.12 bits per heavy atom. The summed E-state index contributed by atoms with van der Waals surface area (Å²) in [5.74, 6) is -0.645. The van der Waals surface area contributed by atoms with E-state index in [9.17, 15) is 14.0 Å². The van der Waals surface area contributed by atoms with Gasteiger partial charge in [-0.1, -0.05) is 6.07 Å². The molecule has 0 fully saturated rings. The van der Waals surface area contributed by atoms with Crippen LogP contribution in [0.25, 0.3) is 0 Å². The summed E-state index contributed by atoms with van der Waals surface area (Å²) >= 11 is 0. The number of esters is 1. The first-order valence-corrected chi connectivity index (χ1v) is 8.11. The Morgan fingerprint density at radius 2 is 1.85 bits per heavy atom. The molecular weight excluding hydrogens is 341 g/mol. The molecule has 0 aromatic heterocycles. The molecule has 1 heterocycles. The Kier molecular flexibility index (Phi) is 5.06. The van der Waals surface area contributed by atoms with Crippen LogP contribution in [0, 0.1) is 12.7 Å². The van der Waals surface area contributed by atoms with E-state index in [0.29, 0.717) is 36.0 Å². The van der Waals surface area contributed by atoms with Crippen molar-refractivity contribution in [2.45, 2.75) is 20.0 Å². The number of hydrogen-bond acceptors (Lipinski definition) is 5. The van der Waals surface area contributed by atoms with Crippen LogP contribution in [0.5, 0.6) is 11.5 Å². The zero-order chi connectivity index (χ0) is 18.7. The molecule has 0 bridgehead atoms. The highest BCUT2D eigenvalue weighted by Crippen LogP contribution is 2.32. The number of halogens is 1. The van der Waals surface area contributed by atoms with E-state index < -0.39 is 23.8 Å². The molecule has 6 nitrogen and oxygen atoms in total. The number of carbonyl (C=O) groups excluding carboxylic acids is 2. The zero-order valence-corrected chi connectivity index (χ0v) is 14.4. The molecular formula is C19H18FNO5. The van der Waals surface area contributed by atoms with Crippen molar-refractivity contribution < 1.29 is 28.2 Å². The first-order chi connectivity index (χ1) is 12.4. The van der Waals surface area contributed by atoms with Gasteiger partial charge in [0.1, 0.15) is 19.0 Å². The largest absolute Gasteiger partial charge is 0.486 e. The molecule has 26 heavy (non-hydrogen) atoms. The third-order valence-corrected chi connectivity index (χ3v) is 3.87. The molecule has 2 aromatic carbocycles. The maximum absolute atomic E-state index is 13.6. The predicted molar refractivity (Wildman–Crippen MR) is 92.1 cm³/mol. The molecule has 7 heteroatoms. The van der Waals surface area contributed by atoms with Gasteiger partial charge in [-0.3, -0.25) is 4.79 Å². The Balaban J connectivity index is 1.62. The van der Waals surface area contributed by atoms with Crippen molar-refractivity contribution in [1.29, 1.82) is 0 Å². The van der Waals surface area contributed by atoms with E-state index in [4.69, 9.17) is 14.2 Å². The fourth-order valence-electron chi connectivity index (χ4n) is 2.37. The minimum absolute atomic E-state index is 0.0482. The van der Waals surface area contributed by atoms with Crippen molar-refractivity contribution >= 4 is 17.6 Å². The van der Waals surface area contributed by atoms with E-state index >= 15 is 0 Å². The monoisotopic (exact) mass is 359 g/mol. The van der Waals surface area contributed by atoms with E-state index in [1.807, 2.05) is 0 Å². The summed E-state index contributed by atoms with van der Waals surface area (Å²) in [6.45, 7) is 3.94. The predicted octanol–water partition coefficient (Wildman–Crippen LogP) is 3.09. The fraction of sp³-hybridized carbons (Fsp3) is 0.263. The quantitative estimate of drug-likeness (QED) is 0.849. The summed E-state index contributed by atoms with van der Waals surface area (Å²) in [6.07, 6.45) is -1.06. The average Bonchev–Trinajstić information content (AvgIpc) is 2.63. The number of amides is 1. The molecule has 0 spiro atoms. The van der Waals surface area contributed by atoms with Gasteiger partial charge < -0.3 is 19.5 Å². The Hall–Kier alpha value is -3.09. The number of aryl methyl sites for hydroxylation is 1. The van der Waals surface area contributed by atoms with Gasteiger partial charge in [0, 0.05) is 11.8 Å². The zero-order valence-electron chi connectivity index (χ0n) is 14.4. The lowest BCUT2D eigenvalue weighted by Gasteiger charge is -2.19. The number of rotatable bonds is 4. The van der Waals surface area contributed by atoms with Gasteiger partial charge in [-0.05, 0) is 43.7 Å². The molecule has 0 radical (unpaired) electrons. The van der Waals surface area contributed by atoms with Crippen LogP contribution in [0.3, 0.4) is 0 Å². The SMILES string of the molecule is Cc1ccc(C(=O)O[C@@H](C)C(=O)Nc2ccc3c(c2)OCCO3)cc1F. The molecule has 2 aromatic rings. The second-order valence-electron chi connectivity index (χ2n) is 5.86. The van der Waals surface area contributed by atoms with E-state index in [0.717, 1.165) is 6.07 Å². The summed E-state index contributed by atoms with van der Waals surface area (Å²) in [5, 5.41) is 2.64. The van der Waals surface area contributed by atoms with Crippen LogP contribution in [-0.4, -0.2) is 31.2 Å². The van der Waals surface area contributed by atoms with Crippen molar-refractivity contribution in [3.8, 4) is 11.5 Å². The standard InChI is InChI=1S/C19H18FNO5/c1-11-3-4-13(9-15(11)20)19(23)26-12(2)18(22)21-14-5-6-16-17(10-14)25-8-7-24-16/h3-6,9-10,12H,7-8H2,1-2H3,(H,21,22)/t12-/m0/s1. The Labute approximate surface area is 149 Å². The van der Waals surface area contributed by atoms with Crippen molar-refractivity contribution in [3.05, 3.63) is 53.3 Å². The highest BCUT2D eigenvalue weighted by Gasteiger charge is 2.20. The molecule has 1 atom stereocenters. The van der Waals surface area contributed by atoms with E-state index in [-0.39, 0.29) is 5.56 Å². The third-order valence-electron chi connectivity index (χ3n) is 3.87. The van der Waals surface area contributed by atoms with Crippen molar-refractivity contribution in [2.24, 2.45) is 0 Å². The van der Waals surface area contributed by atoms with Crippen LogP contribution in [0.1, 0.15) is 22.8 Å². The normalized spacial score (nSPS) is 13.7. The summed E-state index contributed by atoms with van der Waals surface area (Å²) < 4.78 is 29.5. The Bertz CT molecular complexity index is 852. The molecule has 0 saturated carbocycles. The van der Waals surface area contributed by atoms with Crippen LogP contribution >= 0.6 is 0 Å². The highest BCUT2D eigenvalue weighted by molar-refractivity contribution is 5.97. The third kappa shape index (κ3) is 3.93. The second-order valence-corrected chi connectivity index (χ2v) is 5.86. The minimum Gasteiger partial charge on any atom is -0.486 e. The van der Waals surface area contributed by atoms with Gasteiger partial charge in [-0.25, -0.2) is 9.18 Å². The maximum Gasteiger partial charge on any atom is 0.339 e. The Morgan fingerprint density at radius 3 is 2.58 bits per heavy atom. The van der Waals surface area contributed by atoms with Crippen LogP contribution in [0.2, 0.25) is 0 Å². The molecule has 1 aliphatic heterocycles. The van der Waals surface area contributed by atoms with Crippen molar-refractivity contribution in [1.82, 2.24) is 0 Å². The molecule has 1 N–H and O–H groups in total. The lowest BCUT2D eigenvalue weighted by atomic mass is 10.1. The van der Waals surface area contributed by atoms with Crippen LogP contribution in [0.4, 0.5) is 10.1 Å². The molecule has 3 rings (SSSR count).